The van der Waals surface area contributed by atoms with E-state index in [-0.39, 0.29) is 23.7 Å². The first-order valence-electron chi connectivity index (χ1n) is 13.4. The predicted octanol–water partition coefficient (Wildman–Crippen LogP) is 4.38. The van der Waals surface area contributed by atoms with E-state index in [1.807, 2.05) is 36.1 Å². The number of fused-ring (bicyclic) bond motifs is 1. The molecule has 216 valence electrons. The zero-order chi connectivity index (χ0) is 30.2. The van der Waals surface area contributed by atoms with E-state index in [4.69, 9.17) is 4.74 Å². The van der Waals surface area contributed by atoms with Gasteiger partial charge in [-0.3, -0.25) is 19.1 Å². The number of rotatable bonds is 8. The first-order valence-corrected chi connectivity index (χ1v) is 13.4. The van der Waals surface area contributed by atoms with E-state index in [9.17, 15) is 18.8 Å². The molecule has 5 aromatic heterocycles. The second kappa shape index (κ2) is 11.0. The van der Waals surface area contributed by atoms with Gasteiger partial charge in [-0.05, 0) is 62.4 Å². The lowest BCUT2D eigenvalue weighted by Crippen LogP contribution is -2.42. The van der Waals surface area contributed by atoms with E-state index >= 15 is 0 Å². The number of benzene rings is 1. The highest BCUT2D eigenvalue weighted by atomic mass is 19.1. The predicted molar refractivity (Wildman–Crippen MR) is 156 cm³/mol. The Kier molecular flexibility index (Phi) is 7.02. The van der Waals surface area contributed by atoms with Gasteiger partial charge in [0.1, 0.15) is 22.6 Å². The zero-order valence-electron chi connectivity index (χ0n) is 23.5. The number of aromatic nitrogens is 7. The summed E-state index contributed by atoms with van der Waals surface area (Å²) in [6, 6.07) is 11.6. The van der Waals surface area contributed by atoms with Gasteiger partial charge < -0.3 is 9.30 Å². The van der Waals surface area contributed by atoms with Crippen molar-refractivity contribution in [2.24, 2.45) is 7.05 Å². The summed E-state index contributed by atoms with van der Waals surface area (Å²) in [4.78, 5) is 48.6. The van der Waals surface area contributed by atoms with Gasteiger partial charge in [-0.25, -0.2) is 23.3 Å². The highest BCUT2D eigenvalue weighted by Crippen LogP contribution is 2.30. The van der Waals surface area contributed by atoms with Gasteiger partial charge in [-0.2, -0.15) is 5.10 Å². The van der Waals surface area contributed by atoms with Crippen LogP contribution < -0.4 is 16.0 Å². The quantitative estimate of drug-likeness (QED) is 0.246. The standard InChI is InChI=1S/C31H26FN7O4/c1-19(2)37-16-25(30(41)39(31(37)42)23-7-4-21(32)5-8-23)28(40)13-22-6-9-24(14-33-22)43-29-12-20(26-17-36(3)18-34-26)15-38-27(29)10-11-35-38/h4-12,14-19H,13H2,1-3H3. The molecule has 12 heteroatoms. The van der Waals surface area contributed by atoms with E-state index in [0.29, 0.717) is 17.2 Å². The lowest BCUT2D eigenvalue weighted by atomic mass is 10.1. The Morgan fingerprint density at radius 2 is 1.79 bits per heavy atom. The molecule has 0 saturated heterocycles. The molecule has 5 heterocycles. The molecule has 0 N–H and O–H groups in total. The Morgan fingerprint density at radius 3 is 2.47 bits per heavy atom. The van der Waals surface area contributed by atoms with Crippen LogP contribution in [0.4, 0.5) is 4.39 Å². The van der Waals surface area contributed by atoms with E-state index in [1.54, 1.807) is 43.0 Å². The normalized spacial score (nSPS) is 11.4. The van der Waals surface area contributed by atoms with Crippen molar-refractivity contribution < 1.29 is 13.9 Å². The summed E-state index contributed by atoms with van der Waals surface area (Å²) in [5.41, 5.74) is 1.32. The number of pyridine rings is 2. The summed E-state index contributed by atoms with van der Waals surface area (Å²) in [5.74, 6) is -0.0456. The topological polar surface area (TPSA) is 118 Å². The maximum atomic E-state index is 13.5. The largest absolute Gasteiger partial charge is 0.453 e. The van der Waals surface area contributed by atoms with Crippen LogP contribution in [0.25, 0.3) is 22.5 Å². The van der Waals surface area contributed by atoms with Crippen LogP contribution in [0, 0.1) is 5.82 Å². The molecule has 0 atom stereocenters. The Bertz CT molecular complexity index is 2090. The van der Waals surface area contributed by atoms with Crippen molar-refractivity contribution in [2.45, 2.75) is 26.3 Å². The van der Waals surface area contributed by atoms with Crippen LogP contribution >= 0.6 is 0 Å². The van der Waals surface area contributed by atoms with Gasteiger partial charge in [0.05, 0.1) is 36.5 Å². The third-order valence-electron chi connectivity index (χ3n) is 6.89. The van der Waals surface area contributed by atoms with E-state index in [1.165, 1.54) is 29.1 Å². The molecule has 0 aliphatic rings. The fourth-order valence-electron chi connectivity index (χ4n) is 4.69. The van der Waals surface area contributed by atoms with Gasteiger partial charge in [-0.1, -0.05) is 0 Å². The van der Waals surface area contributed by atoms with Crippen LogP contribution in [0.2, 0.25) is 0 Å². The first-order chi connectivity index (χ1) is 20.7. The van der Waals surface area contributed by atoms with Crippen molar-refractivity contribution in [1.29, 1.82) is 0 Å². The van der Waals surface area contributed by atoms with Crippen LogP contribution in [-0.4, -0.2) is 39.1 Å². The molecule has 0 amide bonds. The molecule has 0 bridgehead atoms. The number of hydrogen-bond acceptors (Lipinski definition) is 7. The minimum Gasteiger partial charge on any atom is -0.453 e. The van der Waals surface area contributed by atoms with Crippen molar-refractivity contribution in [3.63, 3.8) is 0 Å². The Morgan fingerprint density at radius 1 is 1.00 bits per heavy atom. The number of carbonyl (C=O) groups excluding carboxylic acids is 1. The van der Waals surface area contributed by atoms with E-state index < -0.39 is 22.8 Å². The van der Waals surface area contributed by atoms with Crippen molar-refractivity contribution in [1.82, 2.24) is 33.3 Å². The van der Waals surface area contributed by atoms with Gasteiger partial charge in [0.25, 0.3) is 5.56 Å². The van der Waals surface area contributed by atoms with Crippen molar-refractivity contribution in [3.8, 4) is 28.4 Å². The van der Waals surface area contributed by atoms with Crippen LogP contribution in [0.15, 0.2) is 95.4 Å². The van der Waals surface area contributed by atoms with Gasteiger partial charge >= 0.3 is 5.69 Å². The molecule has 43 heavy (non-hydrogen) atoms. The molecule has 0 saturated carbocycles. The van der Waals surface area contributed by atoms with Gasteiger partial charge in [-0.15, -0.1) is 0 Å². The van der Waals surface area contributed by atoms with Crippen LogP contribution in [0.1, 0.15) is 35.9 Å². The minimum absolute atomic E-state index is 0.166. The van der Waals surface area contributed by atoms with E-state index in [2.05, 4.69) is 15.1 Å². The number of imidazole rings is 1. The minimum atomic E-state index is -0.781. The number of hydrogen-bond donors (Lipinski definition) is 0. The molecule has 6 aromatic rings. The number of carbonyl (C=O) groups is 1. The molecule has 1 aromatic carbocycles. The summed E-state index contributed by atoms with van der Waals surface area (Å²) in [7, 11) is 1.89. The second-order valence-electron chi connectivity index (χ2n) is 10.3. The molecule has 0 unspecified atom stereocenters. The summed E-state index contributed by atoms with van der Waals surface area (Å²) in [6.45, 7) is 3.53. The average Bonchev–Trinajstić information content (AvgIpc) is 3.64. The third-order valence-corrected chi connectivity index (χ3v) is 6.89. The zero-order valence-corrected chi connectivity index (χ0v) is 23.5. The highest BCUT2D eigenvalue weighted by Gasteiger charge is 2.20. The maximum absolute atomic E-state index is 13.5. The van der Waals surface area contributed by atoms with Crippen LogP contribution in [-0.2, 0) is 13.5 Å². The number of ether oxygens (including phenoxy) is 1. The SMILES string of the molecule is CC(C)n1cc(C(=O)Cc2ccc(Oc3cc(-c4cn(C)cn4)cn4nccc34)cn2)c(=O)n(-c2ccc(F)cc2)c1=O. The van der Waals surface area contributed by atoms with Crippen molar-refractivity contribution in [3.05, 3.63) is 124 Å². The van der Waals surface area contributed by atoms with Crippen molar-refractivity contribution in [2.75, 3.05) is 0 Å². The van der Waals surface area contributed by atoms with E-state index in [0.717, 1.165) is 33.5 Å². The molecule has 0 fully saturated rings. The van der Waals surface area contributed by atoms with Gasteiger partial charge in [0.15, 0.2) is 11.5 Å². The molecular weight excluding hydrogens is 553 g/mol. The molecule has 11 nitrogen and oxygen atoms in total. The molecule has 0 aliphatic heterocycles. The summed E-state index contributed by atoms with van der Waals surface area (Å²) in [5, 5.41) is 4.33. The van der Waals surface area contributed by atoms with Crippen molar-refractivity contribution >= 4 is 11.3 Å². The summed E-state index contributed by atoms with van der Waals surface area (Å²) >= 11 is 0. The fourth-order valence-corrected chi connectivity index (χ4v) is 4.69. The number of nitrogens with zero attached hydrogens (tertiary/aromatic N) is 7. The molecule has 0 radical (unpaired) electrons. The smallest absolute Gasteiger partial charge is 0.335 e. The monoisotopic (exact) mass is 579 g/mol. The summed E-state index contributed by atoms with van der Waals surface area (Å²) < 4.78 is 25.4. The lowest BCUT2D eigenvalue weighted by molar-refractivity contribution is 0.0989. The molecule has 6 rings (SSSR count). The molecule has 0 spiro atoms. The Hall–Kier alpha value is -5.65. The van der Waals surface area contributed by atoms with Crippen LogP contribution in [0.5, 0.6) is 11.5 Å². The maximum Gasteiger partial charge on any atom is 0.335 e. The third kappa shape index (κ3) is 5.37. The summed E-state index contributed by atoms with van der Waals surface area (Å²) in [6.07, 6.45) is 9.73. The lowest BCUT2D eigenvalue weighted by Gasteiger charge is -2.15. The molecular formula is C31H26FN7O4. The first kappa shape index (κ1) is 27.5. The number of halogens is 1. The average molecular weight is 580 g/mol. The van der Waals surface area contributed by atoms with Crippen LogP contribution in [0.3, 0.4) is 0 Å². The highest BCUT2D eigenvalue weighted by molar-refractivity contribution is 5.96. The number of ketones is 1. The number of aryl methyl sites for hydroxylation is 1. The Labute approximate surface area is 244 Å². The molecule has 0 aliphatic carbocycles. The Balaban J connectivity index is 1.27. The second-order valence-corrected chi connectivity index (χ2v) is 10.3. The van der Waals surface area contributed by atoms with Gasteiger partial charge in [0, 0.05) is 42.9 Å². The fraction of sp³-hybridized carbons (Fsp3) is 0.161. The number of Topliss-reactive ketones (excluding diaryl/α,β-unsaturated/α-hetero) is 1. The van der Waals surface area contributed by atoms with Gasteiger partial charge in [0.2, 0.25) is 0 Å².